The number of hydrogen-bond donors (Lipinski definition) is 0. The van der Waals surface area contributed by atoms with Gasteiger partial charge in [-0.15, -0.1) is 11.8 Å². The lowest BCUT2D eigenvalue weighted by Gasteiger charge is -2.43. The average Bonchev–Trinajstić information content (AvgIpc) is 2.66. The molecule has 0 amide bonds. The molecule has 0 heterocycles. The third-order valence-corrected chi connectivity index (χ3v) is 13.2. The van der Waals surface area contributed by atoms with Gasteiger partial charge in [0, 0.05) is 11.8 Å². The standard InChI is InChI=1S/C25H50O3SSi/c1-10-11-12-13-14-15-16-17-18-25(29-9)24(19-27-23(8)26)28-30(20(2)3,21(4)5)22(6)7/h20-22H,10-19H2,1-9H3/b25-24-. The molecule has 0 aliphatic carbocycles. The lowest BCUT2D eigenvalue weighted by atomic mass is 10.1. The number of esters is 1. The predicted octanol–water partition coefficient (Wildman–Crippen LogP) is 8.85. The summed E-state index contributed by atoms with van der Waals surface area (Å²) in [5.74, 6) is 0.679. The topological polar surface area (TPSA) is 35.5 Å². The zero-order valence-electron chi connectivity index (χ0n) is 21.4. The van der Waals surface area contributed by atoms with Gasteiger partial charge < -0.3 is 9.16 Å². The maximum absolute atomic E-state index is 11.5. The zero-order chi connectivity index (χ0) is 23.2. The van der Waals surface area contributed by atoms with Crippen molar-refractivity contribution >= 4 is 26.0 Å². The summed E-state index contributed by atoms with van der Waals surface area (Å²) < 4.78 is 12.4. The van der Waals surface area contributed by atoms with Gasteiger partial charge in [-0.2, -0.15) is 0 Å². The molecular formula is C25H50O3SSi. The van der Waals surface area contributed by atoms with Gasteiger partial charge in [0.05, 0.1) is 0 Å². The third kappa shape index (κ3) is 10.3. The fourth-order valence-corrected chi connectivity index (χ4v) is 10.7. The Balaban J connectivity index is 5.30. The second-order valence-electron chi connectivity index (χ2n) is 9.48. The molecule has 0 N–H and O–H groups in total. The fourth-order valence-electron chi connectivity index (χ4n) is 4.68. The molecule has 0 atom stereocenters. The molecule has 0 rings (SSSR count). The van der Waals surface area contributed by atoms with Gasteiger partial charge in [0.25, 0.3) is 8.32 Å². The smallest absolute Gasteiger partial charge is 0.303 e. The minimum Gasteiger partial charge on any atom is -0.543 e. The lowest BCUT2D eigenvalue weighted by Crippen LogP contribution is -2.48. The highest BCUT2D eigenvalue weighted by atomic mass is 32.2. The molecule has 0 aromatic carbocycles. The van der Waals surface area contributed by atoms with Crippen molar-refractivity contribution in [1.29, 1.82) is 0 Å². The molecule has 0 bridgehead atoms. The molecular weight excluding hydrogens is 408 g/mol. The van der Waals surface area contributed by atoms with Crippen molar-refractivity contribution < 1.29 is 14.0 Å². The Morgan fingerprint density at radius 2 is 1.30 bits per heavy atom. The van der Waals surface area contributed by atoms with Crippen molar-refractivity contribution in [3.63, 3.8) is 0 Å². The maximum Gasteiger partial charge on any atom is 0.303 e. The average molecular weight is 459 g/mol. The summed E-state index contributed by atoms with van der Waals surface area (Å²) in [6.45, 7) is 17.8. The van der Waals surface area contributed by atoms with Crippen LogP contribution in [0.4, 0.5) is 0 Å². The molecule has 0 radical (unpaired) electrons. The van der Waals surface area contributed by atoms with E-state index in [0.717, 1.165) is 12.2 Å². The van der Waals surface area contributed by atoms with E-state index in [0.29, 0.717) is 16.6 Å². The molecule has 0 spiro atoms. The Hall–Kier alpha value is -0.423. The Morgan fingerprint density at radius 3 is 1.70 bits per heavy atom. The Bertz CT molecular complexity index is 479. The quantitative estimate of drug-likeness (QED) is 0.0943. The van der Waals surface area contributed by atoms with E-state index in [1.54, 1.807) is 11.8 Å². The summed E-state index contributed by atoms with van der Waals surface area (Å²) in [5, 5.41) is 0. The van der Waals surface area contributed by atoms with Crippen molar-refractivity contribution in [2.45, 2.75) is 130 Å². The van der Waals surface area contributed by atoms with Gasteiger partial charge in [-0.05, 0) is 35.7 Å². The SMILES string of the molecule is CCCCCCCCCC/C(SC)=C(\COC(C)=O)O[Si](C(C)C)(C(C)C)C(C)C. The van der Waals surface area contributed by atoms with Crippen molar-refractivity contribution in [3.8, 4) is 0 Å². The highest BCUT2D eigenvalue weighted by Gasteiger charge is 2.47. The summed E-state index contributed by atoms with van der Waals surface area (Å²) in [5.41, 5.74) is 1.49. The number of unbranched alkanes of at least 4 members (excludes halogenated alkanes) is 7. The van der Waals surface area contributed by atoms with Gasteiger partial charge in [-0.1, -0.05) is 93.4 Å². The maximum atomic E-state index is 11.5. The van der Waals surface area contributed by atoms with Crippen molar-refractivity contribution in [2.24, 2.45) is 0 Å². The zero-order valence-corrected chi connectivity index (χ0v) is 23.3. The Morgan fingerprint density at radius 1 is 0.833 bits per heavy atom. The van der Waals surface area contributed by atoms with Gasteiger partial charge >= 0.3 is 5.97 Å². The predicted molar refractivity (Wildman–Crippen MR) is 137 cm³/mol. The summed E-state index contributed by atoms with van der Waals surface area (Å²) in [6, 6.07) is 0. The van der Waals surface area contributed by atoms with Crippen LogP contribution in [0, 0.1) is 0 Å². The molecule has 178 valence electrons. The first-order valence-electron chi connectivity index (χ1n) is 12.2. The second-order valence-corrected chi connectivity index (χ2v) is 15.8. The second kappa shape index (κ2) is 16.2. The summed E-state index contributed by atoms with van der Waals surface area (Å²) in [7, 11) is -2.08. The van der Waals surface area contributed by atoms with Gasteiger partial charge in [-0.3, -0.25) is 4.79 Å². The van der Waals surface area contributed by atoms with Crippen LogP contribution in [0.3, 0.4) is 0 Å². The minimum absolute atomic E-state index is 0.241. The number of carbonyl (C=O) groups is 1. The molecule has 0 aromatic rings. The van der Waals surface area contributed by atoms with Crippen LogP contribution >= 0.6 is 11.8 Å². The van der Waals surface area contributed by atoms with Crippen LogP contribution in [0.25, 0.3) is 0 Å². The van der Waals surface area contributed by atoms with Gasteiger partial charge in [0.2, 0.25) is 0 Å². The first-order chi connectivity index (χ1) is 14.1. The number of hydrogen-bond acceptors (Lipinski definition) is 4. The van der Waals surface area contributed by atoms with Gasteiger partial charge in [0.1, 0.15) is 12.4 Å². The van der Waals surface area contributed by atoms with Crippen LogP contribution < -0.4 is 0 Å². The van der Waals surface area contributed by atoms with Crippen molar-refractivity contribution in [2.75, 3.05) is 12.9 Å². The highest BCUT2D eigenvalue weighted by molar-refractivity contribution is 8.02. The molecule has 0 saturated heterocycles. The van der Waals surface area contributed by atoms with Crippen LogP contribution in [-0.2, 0) is 14.0 Å². The molecule has 0 aliphatic rings. The summed E-state index contributed by atoms with van der Waals surface area (Å²) >= 11 is 1.77. The Kier molecular flexibility index (Phi) is 16.0. The van der Waals surface area contributed by atoms with Crippen molar-refractivity contribution in [3.05, 3.63) is 10.7 Å². The normalized spacial score (nSPS) is 13.2. The van der Waals surface area contributed by atoms with E-state index in [9.17, 15) is 4.79 Å². The molecule has 5 heteroatoms. The first kappa shape index (κ1) is 29.6. The molecule has 0 fully saturated rings. The van der Waals surface area contributed by atoms with Crippen LogP contribution in [0.15, 0.2) is 10.7 Å². The molecule has 0 aliphatic heterocycles. The van der Waals surface area contributed by atoms with E-state index in [2.05, 4.69) is 54.7 Å². The van der Waals surface area contributed by atoms with Crippen LogP contribution in [0.5, 0.6) is 0 Å². The van der Waals surface area contributed by atoms with Gasteiger partial charge in [0.15, 0.2) is 0 Å². The van der Waals surface area contributed by atoms with E-state index in [-0.39, 0.29) is 12.6 Å². The fraction of sp³-hybridized carbons (Fsp3) is 0.880. The van der Waals surface area contributed by atoms with E-state index in [1.807, 2.05) is 0 Å². The van der Waals surface area contributed by atoms with Gasteiger partial charge in [-0.25, -0.2) is 0 Å². The number of allylic oxidation sites excluding steroid dienone is 1. The van der Waals surface area contributed by atoms with E-state index in [1.165, 1.54) is 63.2 Å². The van der Waals surface area contributed by atoms with Crippen LogP contribution in [0.1, 0.15) is 113 Å². The summed E-state index contributed by atoms with van der Waals surface area (Å²) in [6.07, 6.45) is 13.7. The van der Waals surface area contributed by atoms with Crippen molar-refractivity contribution in [1.82, 2.24) is 0 Å². The van der Waals surface area contributed by atoms with E-state index in [4.69, 9.17) is 9.16 Å². The Labute approximate surface area is 193 Å². The molecule has 0 unspecified atom stereocenters. The van der Waals surface area contributed by atoms with E-state index >= 15 is 0 Å². The third-order valence-electron chi connectivity index (χ3n) is 6.23. The molecule has 0 aromatic heterocycles. The summed E-state index contributed by atoms with van der Waals surface area (Å²) in [4.78, 5) is 12.8. The lowest BCUT2D eigenvalue weighted by molar-refractivity contribution is -0.140. The largest absolute Gasteiger partial charge is 0.543 e. The number of carbonyl (C=O) groups excluding carboxylic acids is 1. The molecule has 30 heavy (non-hydrogen) atoms. The minimum atomic E-state index is -2.08. The van der Waals surface area contributed by atoms with E-state index < -0.39 is 8.32 Å². The van der Waals surface area contributed by atoms with Crippen LogP contribution in [0.2, 0.25) is 16.6 Å². The van der Waals surface area contributed by atoms with Crippen LogP contribution in [-0.4, -0.2) is 27.1 Å². The molecule has 3 nitrogen and oxygen atoms in total. The number of thioether (sulfide) groups is 1. The monoisotopic (exact) mass is 458 g/mol. The number of rotatable bonds is 17. The first-order valence-corrected chi connectivity index (χ1v) is 15.6. The highest BCUT2D eigenvalue weighted by Crippen LogP contribution is 2.44. The molecule has 0 saturated carbocycles. The number of ether oxygens (including phenoxy) is 1.